The van der Waals surface area contributed by atoms with E-state index in [9.17, 15) is 27.6 Å². The molecule has 0 saturated carbocycles. The quantitative estimate of drug-likeness (QED) is 0.561. The minimum atomic E-state index is -4.85. The van der Waals surface area contributed by atoms with E-state index in [1.54, 1.807) is 29.2 Å². The molecule has 5 rings (SSSR count). The van der Waals surface area contributed by atoms with Gasteiger partial charge in [0.15, 0.2) is 5.69 Å². The molecule has 0 aliphatic carbocycles. The summed E-state index contributed by atoms with van der Waals surface area (Å²) in [6.45, 7) is 0.907. The third-order valence-corrected chi connectivity index (χ3v) is 6.36. The largest absolute Gasteiger partial charge is 0.573 e. The predicted molar refractivity (Wildman–Crippen MR) is 127 cm³/mol. The van der Waals surface area contributed by atoms with Crippen LogP contribution in [0.3, 0.4) is 0 Å². The average molecular weight is 513 g/mol. The molecular formula is C25H22F3N5O4. The number of hydrogen-bond donors (Lipinski definition) is 1. The summed E-state index contributed by atoms with van der Waals surface area (Å²) in [6, 6.07) is 11.8. The van der Waals surface area contributed by atoms with E-state index in [-0.39, 0.29) is 29.5 Å². The molecule has 9 nitrogen and oxygen atoms in total. The van der Waals surface area contributed by atoms with E-state index in [0.29, 0.717) is 30.6 Å². The Morgan fingerprint density at radius 3 is 2.08 bits per heavy atom. The van der Waals surface area contributed by atoms with E-state index in [1.165, 1.54) is 21.7 Å². The number of hydrogen-bond acceptors (Lipinski definition) is 5. The standard InChI is InChI=1S/C25H22F3N5O4/c26-25(27,28)37-18-10-8-17(9-11-18)33-22-19(21(30-33)23(29)35)12-14-32(24(22)36)16-6-4-15(5-7-16)31-13-2-1-3-20(31)34/h4-11H,1-3,12-14H2,(H2,29,35). The van der Waals surface area contributed by atoms with Crippen LogP contribution in [0.4, 0.5) is 24.5 Å². The summed E-state index contributed by atoms with van der Waals surface area (Å²) in [4.78, 5) is 41.1. The first-order chi connectivity index (χ1) is 17.6. The number of carbonyl (C=O) groups excluding carboxylic acids is 3. The van der Waals surface area contributed by atoms with Crippen LogP contribution in [-0.4, -0.2) is 47.0 Å². The molecule has 3 aromatic rings. The summed E-state index contributed by atoms with van der Waals surface area (Å²) in [7, 11) is 0. The van der Waals surface area contributed by atoms with Crippen molar-refractivity contribution in [3.8, 4) is 11.4 Å². The fraction of sp³-hybridized carbons (Fsp3) is 0.280. The molecule has 2 N–H and O–H groups in total. The fourth-order valence-electron chi connectivity index (χ4n) is 4.67. The van der Waals surface area contributed by atoms with Crippen LogP contribution in [0.15, 0.2) is 48.5 Å². The van der Waals surface area contributed by atoms with Gasteiger partial charge in [-0.2, -0.15) is 5.10 Å². The molecule has 3 amide bonds. The number of ether oxygens (including phenoxy) is 1. The third kappa shape index (κ3) is 4.74. The van der Waals surface area contributed by atoms with Crippen molar-refractivity contribution in [1.29, 1.82) is 0 Å². The van der Waals surface area contributed by atoms with Gasteiger partial charge >= 0.3 is 6.36 Å². The zero-order chi connectivity index (χ0) is 26.3. The Bertz CT molecular complexity index is 1370. The lowest BCUT2D eigenvalue weighted by molar-refractivity contribution is -0.274. The van der Waals surface area contributed by atoms with Crippen molar-refractivity contribution in [1.82, 2.24) is 9.78 Å². The molecule has 0 bridgehead atoms. The number of nitrogens with zero attached hydrogens (tertiary/aromatic N) is 4. The number of amides is 3. The molecule has 0 unspecified atom stereocenters. The molecule has 1 fully saturated rings. The summed E-state index contributed by atoms with van der Waals surface area (Å²) < 4.78 is 42.7. The normalized spacial score (nSPS) is 16.1. The van der Waals surface area contributed by atoms with Gasteiger partial charge in [0.25, 0.3) is 11.8 Å². The Morgan fingerprint density at radius 1 is 0.865 bits per heavy atom. The molecule has 1 aromatic heterocycles. The summed E-state index contributed by atoms with van der Waals surface area (Å²) in [6.07, 6.45) is -2.25. The van der Waals surface area contributed by atoms with Crippen LogP contribution in [0.1, 0.15) is 45.8 Å². The van der Waals surface area contributed by atoms with E-state index in [0.717, 1.165) is 30.7 Å². The number of alkyl halides is 3. The molecule has 1 saturated heterocycles. The van der Waals surface area contributed by atoms with E-state index in [2.05, 4.69) is 9.84 Å². The van der Waals surface area contributed by atoms with Crippen molar-refractivity contribution in [2.24, 2.45) is 5.73 Å². The monoisotopic (exact) mass is 513 g/mol. The molecule has 0 radical (unpaired) electrons. The zero-order valence-corrected chi connectivity index (χ0v) is 19.5. The minimum absolute atomic E-state index is 0.0622. The van der Waals surface area contributed by atoms with Gasteiger partial charge in [-0.3, -0.25) is 14.4 Å². The van der Waals surface area contributed by atoms with Crippen molar-refractivity contribution < 1.29 is 32.3 Å². The van der Waals surface area contributed by atoms with E-state index >= 15 is 0 Å². The van der Waals surface area contributed by atoms with Crippen molar-refractivity contribution in [2.45, 2.75) is 32.0 Å². The Hall–Kier alpha value is -4.35. The van der Waals surface area contributed by atoms with Crippen molar-refractivity contribution >= 4 is 29.1 Å². The number of primary amides is 1. The fourth-order valence-corrected chi connectivity index (χ4v) is 4.67. The van der Waals surface area contributed by atoms with Gasteiger partial charge in [0.2, 0.25) is 5.91 Å². The van der Waals surface area contributed by atoms with Crippen LogP contribution in [0.5, 0.6) is 5.75 Å². The minimum Gasteiger partial charge on any atom is -0.406 e. The smallest absolute Gasteiger partial charge is 0.406 e. The molecule has 0 spiro atoms. The number of aromatic nitrogens is 2. The number of nitrogens with two attached hydrogens (primary N) is 1. The van der Waals surface area contributed by atoms with E-state index in [4.69, 9.17) is 5.73 Å². The molecule has 2 aromatic carbocycles. The third-order valence-electron chi connectivity index (χ3n) is 6.36. The SMILES string of the molecule is NC(=O)c1nn(-c2ccc(OC(F)(F)F)cc2)c2c1CCN(c1ccc(N3CCCCC3=O)cc1)C2=O. The van der Waals surface area contributed by atoms with Gasteiger partial charge in [-0.05, 0) is 67.8 Å². The lowest BCUT2D eigenvalue weighted by atomic mass is 10.0. The molecule has 192 valence electrons. The first-order valence-electron chi connectivity index (χ1n) is 11.6. The van der Waals surface area contributed by atoms with Crippen molar-refractivity contribution in [2.75, 3.05) is 22.9 Å². The van der Waals surface area contributed by atoms with Crippen LogP contribution in [0.2, 0.25) is 0 Å². The Kier molecular flexibility index (Phi) is 6.10. The maximum atomic E-state index is 13.6. The molecule has 3 heterocycles. The number of piperidine rings is 1. The summed E-state index contributed by atoms with van der Waals surface area (Å²) in [5.74, 6) is -1.64. The number of fused-ring (bicyclic) bond motifs is 1. The van der Waals surface area contributed by atoms with Gasteiger partial charge in [0.1, 0.15) is 11.4 Å². The van der Waals surface area contributed by atoms with Gasteiger partial charge in [0.05, 0.1) is 5.69 Å². The summed E-state index contributed by atoms with van der Waals surface area (Å²) >= 11 is 0. The summed E-state index contributed by atoms with van der Waals surface area (Å²) in [5.41, 5.74) is 7.49. The van der Waals surface area contributed by atoms with Crippen molar-refractivity contribution in [3.63, 3.8) is 0 Å². The maximum absolute atomic E-state index is 13.6. The highest BCUT2D eigenvalue weighted by atomic mass is 19.4. The second-order valence-electron chi connectivity index (χ2n) is 8.72. The lowest BCUT2D eigenvalue weighted by Gasteiger charge is -2.29. The second kappa shape index (κ2) is 9.26. The second-order valence-corrected chi connectivity index (χ2v) is 8.72. The number of rotatable bonds is 5. The Morgan fingerprint density at radius 2 is 1.49 bits per heavy atom. The Labute approximate surface area is 209 Å². The van der Waals surface area contributed by atoms with Gasteiger partial charge in [-0.15, -0.1) is 13.2 Å². The highest BCUT2D eigenvalue weighted by Crippen LogP contribution is 2.31. The lowest BCUT2D eigenvalue weighted by Crippen LogP contribution is -2.39. The molecular weight excluding hydrogens is 491 g/mol. The van der Waals surface area contributed by atoms with Crippen molar-refractivity contribution in [3.05, 3.63) is 65.5 Å². The number of halogens is 3. The molecule has 12 heteroatoms. The zero-order valence-electron chi connectivity index (χ0n) is 19.5. The molecule has 2 aliphatic heterocycles. The van der Waals surface area contributed by atoms with Crippen LogP contribution >= 0.6 is 0 Å². The maximum Gasteiger partial charge on any atom is 0.573 e. The van der Waals surface area contributed by atoms with Gasteiger partial charge < -0.3 is 20.3 Å². The highest BCUT2D eigenvalue weighted by molar-refractivity contribution is 6.09. The summed E-state index contributed by atoms with van der Waals surface area (Å²) in [5, 5.41) is 4.22. The van der Waals surface area contributed by atoms with Crippen LogP contribution in [0.25, 0.3) is 5.69 Å². The first-order valence-corrected chi connectivity index (χ1v) is 11.6. The number of carbonyl (C=O) groups is 3. The van der Waals surface area contributed by atoms with Gasteiger partial charge in [0, 0.05) is 36.4 Å². The topological polar surface area (TPSA) is 111 Å². The first kappa shape index (κ1) is 24.3. The number of benzene rings is 2. The molecule has 0 atom stereocenters. The number of anilines is 2. The van der Waals surface area contributed by atoms with Crippen LogP contribution in [0, 0.1) is 0 Å². The molecule has 37 heavy (non-hydrogen) atoms. The van der Waals surface area contributed by atoms with E-state index in [1.807, 2.05) is 0 Å². The average Bonchev–Trinajstić information content (AvgIpc) is 3.25. The van der Waals surface area contributed by atoms with Gasteiger partial charge in [-0.25, -0.2) is 4.68 Å². The van der Waals surface area contributed by atoms with Gasteiger partial charge in [-0.1, -0.05) is 0 Å². The van der Waals surface area contributed by atoms with Crippen LogP contribution < -0.4 is 20.3 Å². The predicted octanol–water partition coefficient (Wildman–Crippen LogP) is 3.59. The molecule has 2 aliphatic rings. The van der Waals surface area contributed by atoms with Crippen LogP contribution in [-0.2, 0) is 11.2 Å². The Balaban J connectivity index is 1.46. The van der Waals surface area contributed by atoms with E-state index < -0.39 is 23.9 Å². The highest BCUT2D eigenvalue weighted by Gasteiger charge is 2.35.